The number of halogens is 1. The lowest BCUT2D eigenvalue weighted by atomic mass is 10.2. The monoisotopic (exact) mass is 435 g/mol. The number of rotatable bonds is 7. The second-order valence-electron chi connectivity index (χ2n) is 7.09. The van der Waals surface area contributed by atoms with Crippen LogP contribution in [0.15, 0.2) is 24.3 Å². The van der Waals surface area contributed by atoms with Crippen LogP contribution in [0.5, 0.6) is 5.75 Å². The number of aromatic nitrogens is 2. The number of amides is 1. The van der Waals surface area contributed by atoms with Crippen molar-refractivity contribution in [3.8, 4) is 5.75 Å². The molecule has 3 rings (SSSR count). The summed E-state index contributed by atoms with van der Waals surface area (Å²) in [5, 5.41) is 24.9. The first-order valence-electron chi connectivity index (χ1n) is 9.59. The third kappa shape index (κ3) is 5.73. The molecule has 1 fully saturated rings. The van der Waals surface area contributed by atoms with Gasteiger partial charge in [-0.3, -0.25) is 4.79 Å². The van der Waals surface area contributed by atoms with Gasteiger partial charge in [-0.05, 0) is 31.0 Å². The average Bonchev–Trinajstić information content (AvgIpc) is 3.11. The van der Waals surface area contributed by atoms with E-state index >= 15 is 0 Å². The highest BCUT2D eigenvalue weighted by Gasteiger charge is 2.25. The zero-order valence-electron chi connectivity index (χ0n) is 16.9. The highest BCUT2D eigenvalue weighted by Crippen LogP contribution is 2.25. The van der Waals surface area contributed by atoms with E-state index in [9.17, 15) is 19.8 Å². The predicted octanol–water partition coefficient (Wildman–Crippen LogP) is 2.71. The number of carbonyl (C=O) groups is 2. The minimum Gasteiger partial charge on any atom is -0.507 e. The van der Waals surface area contributed by atoms with Gasteiger partial charge in [0.05, 0.1) is 0 Å². The zero-order chi connectivity index (χ0) is 21.0. The lowest BCUT2D eigenvalue weighted by molar-refractivity contribution is -0.119. The first-order valence-corrected chi connectivity index (χ1v) is 9.59. The summed E-state index contributed by atoms with van der Waals surface area (Å²) in [6, 6.07) is 6.27. The fourth-order valence-electron chi connectivity index (χ4n) is 3.37. The summed E-state index contributed by atoms with van der Waals surface area (Å²) in [6.07, 6.45) is 2.55. The van der Waals surface area contributed by atoms with Crippen molar-refractivity contribution in [2.45, 2.75) is 39.2 Å². The van der Waals surface area contributed by atoms with Gasteiger partial charge in [-0.2, -0.15) is 4.98 Å². The summed E-state index contributed by atoms with van der Waals surface area (Å²) in [6.45, 7) is 5.02. The number of carboxylic acid groups (broad SMARTS) is 1. The molecular formula is C20H26ClN5O4. The van der Waals surface area contributed by atoms with E-state index in [1.807, 2.05) is 6.07 Å². The fourth-order valence-corrected chi connectivity index (χ4v) is 3.37. The Kier molecular flexibility index (Phi) is 7.82. The van der Waals surface area contributed by atoms with Crippen LogP contribution in [-0.2, 0) is 11.2 Å². The smallest absolute Gasteiger partial charge is 0.339 e. The lowest BCUT2D eigenvalue weighted by Gasteiger charge is -2.19. The third-order valence-corrected chi connectivity index (χ3v) is 4.67. The van der Waals surface area contributed by atoms with Crippen molar-refractivity contribution < 1.29 is 19.8 Å². The molecule has 10 heteroatoms. The second kappa shape index (κ2) is 10.1. The molecule has 162 valence electrons. The van der Waals surface area contributed by atoms with Crippen LogP contribution in [-0.4, -0.2) is 51.2 Å². The maximum atomic E-state index is 11.3. The number of hydrogen-bond acceptors (Lipinski definition) is 7. The summed E-state index contributed by atoms with van der Waals surface area (Å²) in [7, 11) is 0. The standard InChI is InChI=1S/C20H25N5O4.ClH/c1-3-4-13-10-18(25-8-7-15(11-25)21-12(2)26)24-20(22-13)23-14-5-6-17(27)16(9-14)19(28)29;/h5-6,9-10,15,27H,3-4,7-8,11H2,1-2H3,(H,21,26)(H,28,29)(H,22,23,24);1H. The Morgan fingerprint density at radius 1 is 1.27 bits per heavy atom. The number of benzene rings is 1. The van der Waals surface area contributed by atoms with Gasteiger partial charge in [0.25, 0.3) is 0 Å². The van der Waals surface area contributed by atoms with Crippen LogP contribution in [0.2, 0.25) is 0 Å². The van der Waals surface area contributed by atoms with Crippen molar-refractivity contribution in [2.24, 2.45) is 0 Å². The Morgan fingerprint density at radius 2 is 2.03 bits per heavy atom. The molecule has 1 atom stereocenters. The number of aryl methyl sites for hydroxylation is 1. The average molecular weight is 436 g/mol. The van der Waals surface area contributed by atoms with E-state index in [4.69, 9.17) is 0 Å². The maximum absolute atomic E-state index is 11.3. The highest BCUT2D eigenvalue weighted by atomic mass is 35.5. The number of nitrogens with zero attached hydrogens (tertiary/aromatic N) is 3. The van der Waals surface area contributed by atoms with Crippen molar-refractivity contribution in [2.75, 3.05) is 23.3 Å². The van der Waals surface area contributed by atoms with Gasteiger partial charge in [0, 0.05) is 43.5 Å². The van der Waals surface area contributed by atoms with Crippen LogP contribution in [0.25, 0.3) is 0 Å². The molecule has 1 aromatic heterocycles. The second-order valence-corrected chi connectivity index (χ2v) is 7.09. The minimum absolute atomic E-state index is 0. The number of anilines is 3. The number of nitrogens with one attached hydrogen (secondary N) is 2. The van der Waals surface area contributed by atoms with E-state index in [1.54, 1.807) is 6.07 Å². The number of aromatic hydroxyl groups is 1. The normalized spacial score (nSPS) is 15.4. The Balaban J connectivity index is 0.00000320. The van der Waals surface area contributed by atoms with Crippen molar-refractivity contribution >= 4 is 41.7 Å². The molecule has 0 aliphatic carbocycles. The summed E-state index contributed by atoms with van der Waals surface area (Å²) >= 11 is 0. The highest BCUT2D eigenvalue weighted by molar-refractivity contribution is 5.92. The van der Waals surface area contributed by atoms with Gasteiger partial charge in [-0.25, -0.2) is 9.78 Å². The largest absolute Gasteiger partial charge is 0.507 e. The molecule has 1 unspecified atom stereocenters. The fraction of sp³-hybridized carbons (Fsp3) is 0.400. The van der Waals surface area contributed by atoms with Gasteiger partial charge in [-0.15, -0.1) is 12.4 Å². The number of hydrogen-bond donors (Lipinski definition) is 4. The molecule has 1 amide bonds. The van der Waals surface area contributed by atoms with Crippen LogP contribution in [0.1, 0.15) is 42.7 Å². The number of phenols is 1. The zero-order valence-corrected chi connectivity index (χ0v) is 17.7. The molecule has 0 radical (unpaired) electrons. The summed E-state index contributed by atoms with van der Waals surface area (Å²) in [4.78, 5) is 33.8. The molecule has 2 heterocycles. The van der Waals surface area contributed by atoms with Gasteiger partial charge in [0.15, 0.2) is 0 Å². The van der Waals surface area contributed by atoms with Gasteiger partial charge in [0.2, 0.25) is 11.9 Å². The molecule has 1 aliphatic rings. The van der Waals surface area contributed by atoms with E-state index < -0.39 is 5.97 Å². The molecular weight excluding hydrogens is 410 g/mol. The molecule has 4 N–H and O–H groups in total. The van der Waals surface area contributed by atoms with Crippen LogP contribution in [0.3, 0.4) is 0 Å². The number of carboxylic acids is 1. The maximum Gasteiger partial charge on any atom is 0.339 e. The molecule has 2 aromatic rings. The van der Waals surface area contributed by atoms with Crippen LogP contribution in [0.4, 0.5) is 17.5 Å². The molecule has 1 aromatic carbocycles. The Morgan fingerprint density at radius 3 is 2.70 bits per heavy atom. The van der Waals surface area contributed by atoms with Crippen molar-refractivity contribution in [1.29, 1.82) is 0 Å². The van der Waals surface area contributed by atoms with E-state index in [1.165, 1.54) is 19.1 Å². The lowest BCUT2D eigenvalue weighted by Crippen LogP contribution is -2.35. The molecule has 1 aliphatic heterocycles. The third-order valence-electron chi connectivity index (χ3n) is 4.67. The van der Waals surface area contributed by atoms with Crippen LogP contribution in [0, 0.1) is 0 Å². The summed E-state index contributed by atoms with van der Waals surface area (Å²) < 4.78 is 0. The molecule has 0 saturated carbocycles. The van der Waals surface area contributed by atoms with Crippen molar-refractivity contribution in [1.82, 2.24) is 15.3 Å². The quantitative estimate of drug-likeness (QED) is 0.489. The van der Waals surface area contributed by atoms with Crippen LogP contribution < -0.4 is 15.5 Å². The first kappa shape index (κ1) is 23.2. The van der Waals surface area contributed by atoms with Gasteiger partial charge < -0.3 is 25.7 Å². The van der Waals surface area contributed by atoms with E-state index in [0.29, 0.717) is 18.2 Å². The molecule has 0 bridgehead atoms. The minimum atomic E-state index is -1.21. The summed E-state index contributed by atoms with van der Waals surface area (Å²) in [5.74, 6) is -0.443. The Hall–Kier alpha value is -3.07. The number of aromatic carboxylic acids is 1. The van der Waals surface area contributed by atoms with E-state index in [2.05, 4.69) is 32.4 Å². The van der Waals surface area contributed by atoms with Crippen LogP contribution >= 0.6 is 12.4 Å². The predicted molar refractivity (Wildman–Crippen MR) is 116 cm³/mol. The molecule has 1 saturated heterocycles. The van der Waals surface area contributed by atoms with Crippen molar-refractivity contribution in [3.63, 3.8) is 0 Å². The van der Waals surface area contributed by atoms with Gasteiger partial charge >= 0.3 is 5.97 Å². The SMILES string of the molecule is CCCc1cc(N2CCC(NC(C)=O)C2)nc(Nc2ccc(O)c(C(=O)O)c2)n1.Cl. The molecule has 9 nitrogen and oxygen atoms in total. The summed E-state index contributed by atoms with van der Waals surface area (Å²) in [5.41, 5.74) is 1.15. The Labute approximate surface area is 180 Å². The topological polar surface area (TPSA) is 128 Å². The van der Waals surface area contributed by atoms with Gasteiger partial charge in [-0.1, -0.05) is 13.3 Å². The molecule has 30 heavy (non-hydrogen) atoms. The molecule has 0 spiro atoms. The number of carbonyl (C=O) groups excluding carboxylic acids is 1. The van der Waals surface area contributed by atoms with E-state index in [-0.39, 0.29) is 35.7 Å². The Bertz CT molecular complexity index is 924. The van der Waals surface area contributed by atoms with E-state index in [0.717, 1.165) is 37.3 Å². The van der Waals surface area contributed by atoms with Gasteiger partial charge in [0.1, 0.15) is 17.1 Å². The first-order chi connectivity index (χ1) is 13.9. The van der Waals surface area contributed by atoms with Crippen molar-refractivity contribution in [3.05, 3.63) is 35.5 Å².